The molecule has 1 atom stereocenters. The number of aliphatic hydroxyl groups excluding tert-OH is 1. The number of halogens is 2. The van der Waals surface area contributed by atoms with Crippen LogP contribution >= 0.6 is 11.6 Å². The van der Waals surface area contributed by atoms with E-state index in [-0.39, 0.29) is 17.3 Å². The van der Waals surface area contributed by atoms with Gasteiger partial charge >= 0.3 is 11.8 Å². The number of carbonyl (C=O) groups excluding carboxylic acids is 2. The van der Waals surface area contributed by atoms with Crippen molar-refractivity contribution in [2.45, 2.75) is 6.04 Å². The van der Waals surface area contributed by atoms with E-state index >= 15 is 0 Å². The van der Waals surface area contributed by atoms with Crippen molar-refractivity contribution in [1.82, 2.24) is 5.32 Å². The van der Waals surface area contributed by atoms with E-state index in [4.69, 9.17) is 11.6 Å². The van der Waals surface area contributed by atoms with Gasteiger partial charge in [0, 0.05) is 0 Å². The first-order valence-electron chi connectivity index (χ1n) is 6.74. The number of carbonyl (C=O) groups is 2. The van der Waals surface area contributed by atoms with E-state index in [1.54, 1.807) is 30.3 Å². The van der Waals surface area contributed by atoms with Crippen LogP contribution in [0.5, 0.6) is 0 Å². The minimum Gasteiger partial charge on any atom is -0.394 e. The summed E-state index contributed by atoms with van der Waals surface area (Å²) in [5, 5.41) is 14.0. The molecule has 2 aromatic carbocycles. The van der Waals surface area contributed by atoms with Crippen LogP contribution < -0.4 is 10.6 Å². The highest BCUT2D eigenvalue weighted by Crippen LogP contribution is 2.22. The molecule has 0 saturated heterocycles. The van der Waals surface area contributed by atoms with Crippen LogP contribution in [0.15, 0.2) is 48.5 Å². The van der Waals surface area contributed by atoms with Gasteiger partial charge in [-0.2, -0.15) is 0 Å². The molecule has 0 saturated carbocycles. The van der Waals surface area contributed by atoms with Crippen LogP contribution in [0.2, 0.25) is 5.02 Å². The van der Waals surface area contributed by atoms with Crippen molar-refractivity contribution in [1.29, 1.82) is 0 Å². The highest BCUT2D eigenvalue weighted by Gasteiger charge is 2.20. The Balaban J connectivity index is 2.03. The minimum absolute atomic E-state index is 0.0204. The van der Waals surface area contributed by atoms with Crippen molar-refractivity contribution in [3.05, 3.63) is 64.9 Å². The third-order valence-electron chi connectivity index (χ3n) is 3.08. The van der Waals surface area contributed by atoms with Gasteiger partial charge in [-0.1, -0.05) is 41.9 Å². The Morgan fingerprint density at radius 2 is 1.83 bits per heavy atom. The van der Waals surface area contributed by atoms with Crippen molar-refractivity contribution in [3.63, 3.8) is 0 Å². The van der Waals surface area contributed by atoms with Crippen molar-refractivity contribution in [3.8, 4) is 0 Å². The molecule has 0 aromatic heterocycles. The van der Waals surface area contributed by atoms with Gasteiger partial charge in [-0.15, -0.1) is 0 Å². The lowest BCUT2D eigenvalue weighted by atomic mass is 10.1. The van der Waals surface area contributed by atoms with Gasteiger partial charge in [0.1, 0.15) is 5.82 Å². The van der Waals surface area contributed by atoms with E-state index in [0.29, 0.717) is 5.56 Å². The summed E-state index contributed by atoms with van der Waals surface area (Å²) in [6.45, 7) is -0.361. The fourth-order valence-electron chi connectivity index (χ4n) is 1.91. The summed E-state index contributed by atoms with van der Waals surface area (Å²) < 4.78 is 12.9. The molecule has 2 rings (SSSR count). The predicted octanol–water partition coefficient (Wildman–Crippen LogP) is 2.27. The van der Waals surface area contributed by atoms with Gasteiger partial charge in [-0.05, 0) is 23.8 Å². The smallest absolute Gasteiger partial charge is 0.313 e. The lowest BCUT2D eigenvalue weighted by molar-refractivity contribution is -0.136. The average Bonchev–Trinajstić information content (AvgIpc) is 2.55. The van der Waals surface area contributed by atoms with Gasteiger partial charge in [0.05, 0.1) is 23.4 Å². The van der Waals surface area contributed by atoms with Crippen LogP contribution in [0.25, 0.3) is 0 Å². The van der Waals surface area contributed by atoms with Crippen molar-refractivity contribution < 1.29 is 19.1 Å². The summed E-state index contributed by atoms with van der Waals surface area (Å²) in [5.74, 6) is -2.46. The molecule has 2 amide bonds. The molecule has 1 unspecified atom stereocenters. The zero-order chi connectivity index (χ0) is 16.8. The largest absolute Gasteiger partial charge is 0.394 e. The SMILES string of the molecule is O=C(Nc1ccc(F)cc1Cl)C(=O)NC(CO)c1ccccc1. The first-order chi connectivity index (χ1) is 11.0. The molecule has 0 spiro atoms. The van der Waals surface area contributed by atoms with Gasteiger partial charge < -0.3 is 15.7 Å². The van der Waals surface area contributed by atoms with Crippen molar-refractivity contribution in [2.75, 3.05) is 11.9 Å². The van der Waals surface area contributed by atoms with Crippen LogP contribution in [0, 0.1) is 5.82 Å². The maximum Gasteiger partial charge on any atom is 0.313 e. The summed E-state index contributed by atoms with van der Waals surface area (Å²) in [5.41, 5.74) is 0.782. The fourth-order valence-corrected chi connectivity index (χ4v) is 2.13. The normalized spacial score (nSPS) is 11.6. The average molecular weight is 337 g/mol. The zero-order valence-electron chi connectivity index (χ0n) is 11.9. The molecule has 0 fully saturated rings. The van der Waals surface area contributed by atoms with Crippen molar-refractivity contribution >= 4 is 29.1 Å². The monoisotopic (exact) mass is 336 g/mol. The second-order valence-corrected chi connectivity index (χ2v) is 5.10. The number of nitrogens with one attached hydrogen (secondary N) is 2. The van der Waals surface area contributed by atoms with E-state index in [2.05, 4.69) is 10.6 Å². The molecule has 0 bridgehead atoms. The molecule has 0 aliphatic heterocycles. The quantitative estimate of drug-likeness (QED) is 0.749. The van der Waals surface area contributed by atoms with Crippen LogP contribution in [0.3, 0.4) is 0 Å². The van der Waals surface area contributed by atoms with Crippen LogP contribution in [-0.2, 0) is 9.59 Å². The van der Waals surface area contributed by atoms with E-state index in [0.717, 1.165) is 12.1 Å². The maximum atomic E-state index is 12.9. The second-order valence-electron chi connectivity index (χ2n) is 4.70. The molecule has 23 heavy (non-hydrogen) atoms. The molecule has 0 heterocycles. The van der Waals surface area contributed by atoms with Gasteiger partial charge in [0.25, 0.3) is 0 Å². The lowest BCUT2D eigenvalue weighted by Crippen LogP contribution is -2.39. The Bertz CT molecular complexity index is 710. The maximum absolute atomic E-state index is 12.9. The highest BCUT2D eigenvalue weighted by molar-refractivity contribution is 6.41. The number of benzene rings is 2. The number of amides is 2. The summed E-state index contributed by atoms with van der Waals surface area (Å²) in [6, 6.07) is 11.4. The molecule has 0 aliphatic rings. The Morgan fingerprint density at radius 3 is 2.43 bits per heavy atom. The van der Waals surface area contributed by atoms with Gasteiger partial charge in [-0.25, -0.2) is 4.39 Å². The molecule has 2 aromatic rings. The van der Waals surface area contributed by atoms with Gasteiger partial charge in [-0.3, -0.25) is 9.59 Å². The van der Waals surface area contributed by atoms with E-state index in [1.165, 1.54) is 6.07 Å². The van der Waals surface area contributed by atoms with E-state index < -0.39 is 23.7 Å². The van der Waals surface area contributed by atoms with Gasteiger partial charge in [0.2, 0.25) is 0 Å². The van der Waals surface area contributed by atoms with Gasteiger partial charge in [0.15, 0.2) is 0 Å². The van der Waals surface area contributed by atoms with Crippen LogP contribution in [-0.4, -0.2) is 23.5 Å². The molecular weight excluding hydrogens is 323 g/mol. The summed E-state index contributed by atoms with van der Waals surface area (Å²) >= 11 is 5.78. The van der Waals surface area contributed by atoms with Crippen LogP contribution in [0.4, 0.5) is 10.1 Å². The standard InChI is InChI=1S/C16H14ClFN2O3/c17-12-8-11(18)6-7-13(12)19-15(22)16(23)20-14(9-21)10-4-2-1-3-5-10/h1-8,14,21H,9H2,(H,19,22)(H,20,23). The Hall–Kier alpha value is -2.44. The first-order valence-corrected chi connectivity index (χ1v) is 7.11. The van der Waals surface area contributed by atoms with E-state index in [9.17, 15) is 19.1 Å². The molecule has 120 valence electrons. The fraction of sp³-hybridized carbons (Fsp3) is 0.125. The molecule has 7 heteroatoms. The Kier molecular flexibility index (Phi) is 5.67. The minimum atomic E-state index is -0.965. The molecular formula is C16H14ClFN2O3. The topological polar surface area (TPSA) is 78.4 Å². The number of rotatable bonds is 4. The summed E-state index contributed by atoms with van der Waals surface area (Å²) in [4.78, 5) is 23.8. The van der Waals surface area contributed by atoms with Crippen LogP contribution in [0.1, 0.15) is 11.6 Å². The Morgan fingerprint density at radius 1 is 1.13 bits per heavy atom. The lowest BCUT2D eigenvalue weighted by Gasteiger charge is -2.16. The number of anilines is 1. The number of hydrogen-bond donors (Lipinski definition) is 3. The summed E-state index contributed by atoms with van der Waals surface area (Å²) in [7, 11) is 0. The third-order valence-corrected chi connectivity index (χ3v) is 3.39. The molecule has 0 aliphatic carbocycles. The molecule has 0 radical (unpaired) electrons. The predicted molar refractivity (Wildman–Crippen MR) is 84.5 cm³/mol. The van der Waals surface area contributed by atoms with Crippen molar-refractivity contribution in [2.24, 2.45) is 0 Å². The zero-order valence-corrected chi connectivity index (χ0v) is 12.7. The summed E-state index contributed by atoms with van der Waals surface area (Å²) in [6.07, 6.45) is 0. The number of aliphatic hydroxyl groups is 1. The molecule has 5 nitrogen and oxygen atoms in total. The third kappa shape index (κ3) is 4.51. The Labute approximate surface area is 137 Å². The van der Waals surface area contributed by atoms with E-state index in [1.807, 2.05) is 0 Å². The molecule has 3 N–H and O–H groups in total. The first kappa shape index (κ1) is 16.9. The highest BCUT2D eigenvalue weighted by atomic mass is 35.5. The second kappa shape index (κ2) is 7.71. The number of hydrogen-bond acceptors (Lipinski definition) is 3.